The van der Waals surface area contributed by atoms with Crippen molar-refractivity contribution in [3.63, 3.8) is 0 Å². The van der Waals surface area contributed by atoms with Crippen LogP contribution in [0.25, 0.3) is 0 Å². The van der Waals surface area contributed by atoms with E-state index in [9.17, 15) is 13.6 Å². The van der Waals surface area contributed by atoms with Crippen molar-refractivity contribution in [3.8, 4) is 0 Å². The Morgan fingerprint density at radius 2 is 1.83 bits per heavy atom. The van der Waals surface area contributed by atoms with Crippen molar-refractivity contribution in [1.82, 2.24) is 15.0 Å². The Kier molecular flexibility index (Phi) is 7.40. The molecule has 1 unspecified atom stereocenters. The Balaban J connectivity index is 0.00000289. The molecule has 1 amide bonds. The zero-order chi connectivity index (χ0) is 23.9. The molecule has 5 rings (SSSR count). The molecule has 2 aliphatic rings. The van der Waals surface area contributed by atoms with Gasteiger partial charge in [0, 0.05) is 0 Å². The zero-order valence-corrected chi connectivity index (χ0v) is 22.0. The van der Waals surface area contributed by atoms with Gasteiger partial charge in [0.15, 0.2) is 0 Å². The molecule has 3 aromatic rings. The van der Waals surface area contributed by atoms with Crippen LogP contribution in [-0.4, -0.2) is 60.4 Å². The first kappa shape index (κ1) is 25.5. The van der Waals surface area contributed by atoms with Crippen LogP contribution in [0.1, 0.15) is 16.1 Å². The molecule has 35 heavy (non-hydrogen) atoms. The summed E-state index contributed by atoms with van der Waals surface area (Å²) in [4.78, 5) is 31.3. The summed E-state index contributed by atoms with van der Waals surface area (Å²) in [5, 5.41) is 2.70. The predicted octanol–water partition coefficient (Wildman–Crippen LogP) is 3.03. The molecule has 2 aromatic heterocycles. The van der Waals surface area contributed by atoms with Crippen molar-refractivity contribution in [2.75, 3.05) is 29.1 Å². The Morgan fingerprint density at radius 3 is 2.54 bits per heavy atom. The van der Waals surface area contributed by atoms with Crippen molar-refractivity contribution in [3.05, 3.63) is 77.6 Å². The Bertz CT molecular complexity index is 1280. The number of rotatable bonds is 4. The van der Waals surface area contributed by atoms with Gasteiger partial charge in [0.1, 0.15) is 0 Å². The predicted molar refractivity (Wildman–Crippen MR) is 134 cm³/mol. The van der Waals surface area contributed by atoms with E-state index in [4.69, 9.17) is 4.99 Å². The van der Waals surface area contributed by atoms with Crippen LogP contribution in [0.15, 0.2) is 53.9 Å². The molecular formula is C22H19AsClF3N6OS. The van der Waals surface area contributed by atoms with Crippen LogP contribution >= 0.6 is 24.2 Å². The molecule has 7 nitrogen and oxygen atoms in total. The quantitative estimate of drug-likeness (QED) is 0.477. The standard InChI is InChI=1S/C22H18AsF3N6OS.ClH/c23-20-31-22(11-32(9-12(22)10-34-20)21-28-7-14(25)8-29-21)16-5-15(2-3-17(16)26)30-19(33)18-4-1-13(24)6-27-18;/h1-8,12H,9-11,23H2,(H,30,33);1H/t12-,22-;/m0./s1. The second kappa shape index (κ2) is 10.2. The van der Waals surface area contributed by atoms with Crippen LogP contribution in [0.3, 0.4) is 0 Å². The van der Waals surface area contributed by atoms with Gasteiger partial charge in [0.25, 0.3) is 0 Å². The third kappa shape index (κ3) is 5.03. The maximum atomic E-state index is 15.3. The number of aromatic nitrogens is 3. The molecule has 1 N–H and O–H groups in total. The van der Waals surface area contributed by atoms with Crippen molar-refractivity contribution in [1.29, 1.82) is 0 Å². The van der Waals surface area contributed by atoms with Crippen LogP contribution < -0.4 is 10.2 Å². The number of halogens is 4. The summed E-state index contributed by atoms with van der Waals surface area (Å²) in [5.41, 5.74) is -0.154. The van der Waals surface area contributed by atoms with Gasteiger partial charge in [-0.15, -0.1) is 12.4 Å². The fourth-order valence-corrected chi connectivity index (χ4v) is 6.33. The van der Waals surface area contributed by atoms with E-state index in [1.807, 2.05) is 4.90 Å². The van der Waals surface area contributed by atoms with Crippen molar-refractivity contribution < 1.29 is 18.0 Å². The van der Waals surface area contributed by atoms with Crippen LogP contribution in [-0.2, 0) is 5.54 Å². The monoisotopic (exact) mass is 582 g/mol. The molecule has 1 saturated heterocycles. The molecule has 0 saturated carbocycles. The number of nitrogens with zero attached hydrogens (tertiary/aromatic N) is 5. The van der Waals surface area contributed by atoms with Gasteiger partial charge in [0.05, 0.1) is 0 Å². The normalized spacial score (nSPS) is 21.1. The summed E-state index contributed by atoms with van der Waals surface area (Å²) >= 11 is 2.98. The summed E-state index contributed by atoms with van der Waals surface area (Å²) in [6.45, 7) is 0.836. The molecule has 0 aliphatic carbocycles. The first-order valence-electron chi connectivity index (χ1n) is 10.3. The number of amides is 1. The van der Waals surface area contributed by atoms with E-state index < -0.39 is 28.9 Å². The summed E-state index contributed by atoms with van der Waals surface area (Å²) in [6, 6.07) is 6.75. The van der Waals surface area contributed by atoms with E-state index in [0.717, 1.165) is 34.2 Å². The number of pyridine rings is 1. The number of hydrogen-bond donors (Lipinski definition) is 1. The number of aliphatic imine (C=N–C) groups is 1. The summed E-state index contributed by atoms with van der Waals surface area (Å²) in [7, 11) is 0. The van der Waals surface area contributed by atoms with E-state index in [-0.39, 0.29) is 24.0 Å². The zero-order valence-electron chi connectivity index (χ0n) is 18.0. The molecule has 0 bridgehead atoms. The van der Waals surface area contributed by atoms with Crippen LogP contribution in [0.4, 0.5) is 24.8 Å². The number of carbonyl (C=O) groups is 1. The molecule has 0 radical (unpaired) electrons. The molecule has 2 aliphatic heterocycles. The number of hydrogen-bond acceptors (Lipinski definition) is 7. The molecule has 4 heterocycles. The summed E-state index contributed by atoms with van der Waals surface area (Å²) < 4.78 is 42.6. The van der Waals surface area contributed by atoms with Crippen LogP contribution in [0.2, 0.25) is 0 Å². The van der Waals surface area contributed by atoms with Crippen LogP contribution in [0, 0.1) is 23.4 Å². The second-order valence-corrected chi connectivity index (χ2v) is 11.0. The number of anilines is 2. The molecule has 1 fully saturated rings. The van der Waals surface area contributed by atoms with Crippen molar-refractivity contribution in [2.24, 2.45) is 10.9 Å². The van der Waals surface area contributed by atoms with E-state index in [1.165, 1.54) is 35.1 Å². The van der Waals surface area contributed by atoms with E-state index in [0.29, 0.717) is 30.3 Å². The molecule has 0 spiro atoms. The minimum atomic E-state index is -0.909. The summed E-state index contributed by atoms with van der Waals surface area (Å²) in [5.74, 6) is -1.04. The fraction of sp³-hybridized carbons (Fsp3) is 0.227. The molecule has 13 heteroatoms. The minimum absolute atomic E-state index is 0. The van der Waals surface area contributed by atoms with Gasteiger partial charge in [0.2, 0.25) is 0 Å². The van der Waals surface area contributed by atoms with E-state index >= 15 is 4.39 Å². The second-order valence-electron chi connectivity index (χ2n) is 7.97. The number of thioether (sulfide) groups is 1. The first-order chi connectivity index (χ1) is 16.3. The molecule has 1 aromatic carbocycles. The van der Waals surface area contributed by atoms with Crippen molar-refractivity contribution in [2.45, 2.75) is 5.54 Å². The van der Waals surface area contributed by atoms with Gasteiger partial charge >= 0.3 is 202 Å². The SMILES string of the molecule is Cl.O=C(Nc1ccc(F)c([C@]23CN(c4ncc(F)cn4)C[C@H]2CSC([AsH2])=N3)c1)c1ccc(F)cn1. The number of carbonyl (C=O) groups excluding carboxylic acids is 1. The van der Waals surface area contributed by atoms with Crippen LogP contribution in [0.5, 0.6) is 0 Å². The number of benzene rings is 1. The van der Waals surface area contributed by atoms with Crippen molar-refractivity contribution >= 4 is 62.4 Å². The average molecular weight is 583 g/mol. The summed E-state index contributed by atoms with van der Waals surface area (Å²) in [6.07, 6.45) is 3.16. The Morgan fingerprint density at radius 1 is 1.09 bits per heavy atom. The molecule has 182 valence electrons. The van der Waals surface area contributed by atoms with Gasteiger partial charge in [-0.3, -0.25) is 0 Å². The first-order valence-corrected chi connectivity index (χ1v) is 12.5. The van der Waals surface area contributed by atoms with Gasteiger partial charge in [-0.05, 0) is 0 Å². The van der Waals surface area contributed by atoms with Gasteiger partial charge < -0.3 is 0 Å². The van der Waals surface area contributed by atoms with E-state index in [1.54, 1.807) is 17.8 Å². The third-order valence-corrected chi connectivity index (χ3v) is 8.11. The van der Waals surface area contributed by atoms with Gasteiger partial charge in [-0.2, -0.15) is 0 Å². The Hall–Kier alpha value is -2.62. The molecular weight excluding hydrogens is 564 g/mol. The number of nitrogens with one attached hydrogen (secondary N) is 1. The fourth-order valence-electron chi connectivity index (χ4n) is 4.26. The maximum absolute atomic E-state index is 15.3. The van der Waals surface area contributed by atoms with E-state index in [2.05, 4.69) is 20.3 Å². The third-order valence-electron chi connectivity index (χ3n) is 5.83. The topological polar surface area (TPSA) is 83.4 Å². The van der Waals surface area contributed by atoms with Gasteiger partial charge in [-0.25, -0.2) is 4.39 Å². The number of fused-ring (bicyclic) bond motifs is 1. The van der Waals surface area contributed by atoms with Gasteiger partial charge in [-0.1, -0.05) is 0 Å². The molecule has 3 atom stereocenters. The Labute approximate surface area is 218 Å². The average Bonchev–Trinajstić information content (AvgIpc) is 3.20.